The highest BCUT2D eigenvalue weighted by Crippen LogP contribution is 2.36. The van der Waals surface area contributed by atoms with Crippen LogP contribution in [-0.4, -0.2) is 43.4 Å². The maximum atomic E-state index is 12.9. The molecule has 2 rings (SSSR count). The lowest BCUT2D eigenvalue weighted by Crippen LogP contribution is -2.44. The molecule has 1 fully saturated rings. The van der Waals surface area contributed by atoms with Crippen LogP contribution in [0.4, 0.5) is 5.69 Å². The number of halogens is 1. The smallest absolute Gasteiger partial charge is 0.246 e. The van der Waals surface area contributed by atoms with E-state index in [9.17, 15) is 8.42 Å². The van der Waals surface area contributed by atoms with Crippen LogP contribution in [0.3, 0.4) is 0 Å². The molecule has 118 valence electrons. The molecule has 1 aliphatic rings. The molecular weight excluding hydrogens is 376 g/mol. The van der Waals surface area contributed by atoms with Gasteiger partial charge in [-0.25, -0.2) is 8.42 Å². The summed E-state index contributed by atoms with van der Waals surface area (Å²) in [6.45, 7) is 5.07. The van der Waals surface area contributed by atoms with Gasteiger partial charge in [-0.2, -0.15) is 16.1 Å². The van der Waals surface area contributed by atoms with Gasteiger partial charge >= 0.3 is 0 Å². The standard InChI is InChI=1S/C13H19BrN2O3S2/c1-8-6-16(7-9(2)20-8)21(17,18)13-5-11(15)10(14)4-12(13)19-3/h4-5,8-9H,6-7,15H2,1-3H3. The highest BCUT2D eigenvalue weighted by atomic mass is 79.9. The van der Waals surface area contributed by atoms with Crippen molar-refractivity contribution in [1.29, 1.82) is 0 Å². The van der Waals surface area contributed by atoms with Crippen molar-refractivity contribution in [3.63, 3.8) is 0 Å². The van der Waals surface area contributed by atoms with Crippen molar-refractivity contribution < 1.29 is 13.2 Å². The highest BCUT2D eigenvalue weighted by Gasteiger charge is 2.34. The van der Waals surface area contributed by atoms with Gasteiger partial charge in [-0.3, -0.25) is 0 Å². The molecule has 0 radical (unpaired) electrons. The minimum Gasteiger partial charge on any atom is -0.495 e. The number of benzene rings is 1. The van der Waals surface area contributed by atoms with Crippen molar-refractivity contribution in [3.8, 4) is 5.75 Å². The number of hydrogen-bond donors (Lipinski definition) is 1. The third-order valence-electron chi connectivity index (χ3n) is 3.29. The number of methoxy groups -OCH3 is 1. The molecule has 1 heterocycles. The van der Waals surface area contributed by atoms with Crippen molar-refractivity contribution in [2.45, 2.75) is 29.2 Å². The molecule has 0 saturated carbocycles. The number of nitrogen functional groups attached to an aromatic ring is 1. The fourth-order valence-electron chi connectivity index (χ4n) is 2.38. The first-order chi connectivity index (χ1) is 9.75. The van der Waals surface area contributed by atoms with Gasteiger partial charge in [0.05, 0.1) is 7.11 Å². The molecule has 5 nitrogen and oxygen atoms in total. The van der Waals surface area contributed by atoms with Crippen molar-refractivity contribution in [1.82, 2.24) is 4.31 Å². The van der Waals surface area contributed by atoms with Crippen LogP contribution in [0.5, 0.6) is 5.75 Å². The minimum absolute atomic E-state index is 0.122. The number of rotatable bonds is 3. The zero-order chi connectivity index (χ0) is 15.8. The SMILES string of the molecule is COc1cc(Br)c(N)cc1S(=O)(=O)N1CC(C)SC(C)C1. The second-order valence-electron chi connectivity index (χ2n) is 5.10. The van der Waals surface area contributed by atoms with Crippen LogP contribution in [0, 0.1) is 0 Å². The summed E-state index contributed by atoms with van der Waals surface area (Å²) in [7, 11) is -2.16. The fraction of sp³-hybridized carbons (Fsp3) is 0.538. The number of nitrogens with zero attached hydrogens (tertiary/aromatic N) is 1. The zero-order valence-electron chi connectivity index (χ0n) is 12.2. The molecule has 1 saturated heterocycles. The fourth-order valence-corrected chi connectivity index (χ4v) is 6.00. The second kappa shape index (κ2) is 6.36. The van der Waals surface area contributed by atoms with E-state index < -0.39 is 10.0 Å². The predicted octanol–water partition coefficient (Wildman–Crippen LogP) is 2.55. The molecule has 0 aromatic heterocycles. The predicted molar refractivity (Wildman–Crippen MR) is 90.4 cm³/mol. The summed E-state index contributed by atoms with van der Waals surface area (Å²) < 4.78 is 33.1. The van der Waals surface area contributed by atoms with Crippen LogP contribution in [0.2, 0.25) is 0 Å². The maximum Gasteiger partial charge on any atom is 0.246 e. The van der Waals surface area contributed by atoms with E-state index in [0.29, 0.717) is 29.0 Å². The van der Waals surface area contributed by atoms with Crippen molar-refractivity contribution in [2.75, 3.05) is 25.9 Å². The third kappa shape index (κ3) is 3.49. The van der Waals surface area contributed by atoms with E-state index >= 15 is 0 Å². The van der Waals surface area contributed by atoms with Gasteiger partial charge < -0.3 is 10.5 Å². The lowest BCUT2D eigenvalue weighted by atomic mass is 10.3. The maximum absolute atomic E-state index is 12.9. The molecule has 1 aromatic rings. The first-order valence-corrected chi connectivity index (χ1v) is 9.72. The van der Waals surface area contributed by atoms with Crippen molar-refractivity contribution >= 4 is 43.4 Å². The number of ether oxygens (including phenoxy) is 1. The Morgan fingerprint density at radius 3 is 2.43 bits per heavy atom. The van der Waals surface area contributed by atoms with Crippen LogP contribution in [0.25, 0.3) is 0 Å². The molecule has 0 spiro atoms. The van der Waals surface area contributed by atoms with E-state index in [0.717, 1.165) is 0 Å². The van der Waals surface area contributed by atoms with Crippen molar-refractivity contribution in [3.05, 3.63) is 16.6 Å². The zero-order valence-corrected chi connectivity index (χ0v) is 15.4. The largest absolute Gasteiger partial charge is 0.495 e. The van der Waals surface area contributed by atoms with Crippen LogP contribution < -0.4 is 10.5 Å². The lowest BCUT2D eigenvalue weighted by molar-refractivity contribution is 0.385. The quantitative estimate of drug-likeness (QED) is 0.797. The van der Waals surface area contributed by atoms with Gasteiger partial charge in [-0.15, -0.1) is 0 Å². The van der Waals surface area contributed by atoms with Crippen LogP contribution in [0.1, 0.15) is 13.8 Å². The lowest BCUT2D eigenvalue weighted by Gasteiger charge is -2.34. The minimum atomic E-state index is -3.62. The van der Waals surface area contributed by atoms with Gasteiger partial charge in [-0.1, -0.05) is 13.8 Å². The van der Waals surface area contributed by atoms with E-state index in [1.54, 1.807) is 17.8 Å². The number of sulfonamides is 1. The molecule has 2 unspecified atom stereocenters. The number of hydrogen-bond acceptors (Lipinski definition) is 5. The highest BCUT2D eigenvalue weighted by molar-refractivity contribution is 9.10. The Morgan fingerprint density at radius 2 is 1.90 bits per heavy atom. The van der Waals surface area contributed by atoms with E-state index in [-0.39, 0.29) is 15.4 Å². The molecular formula is C13H19BrN2O3S2. The Kier molecular flexibility index (Phi) is 5.12. The number of nitrogens with two attached hydrogens (primary N) is 1. The van der Waals surface area contributed by atoms with Crippen LogP contribution >= 0.6 is 27.7 Å². The van der Waals surface area contributed by atoms with Gasteiger partial charge in [-0.05, 0) is 28.1 Å². The second-order valence-corrected chi connectivity index (χ2v) is 9.75. The van der Waals surface area contributed by atoms with Crippen LogP contribution in [-0.2, 0) is 10.0 Å². The van der Waals surface area contributed by atoms with Crippen molar-refractivity contribution in [2.24, 2.45) is 0 Å². The normalized spacial score (nSPS) is 24.0. The first-order valence-electron chi connectivity index (χ1n) is 6.54. The summed E-state index contributed by atoms with van der Waals surface area (Å²) in [6.07, 6.45) is 0. The molecule has 2 N–H and O–H groups in total. The first kappa shape index (κ1) is 16.9. The van der Waals surface area contributed by atoms with Gasteiger partial charge in [0.25, 0.3) is 0 Å². The van der Waals surface area contributed by atoms with Gasteiger partial charge in [0.1, 0.15) is 10.6 Å². The van der Waals surface area contributed by atoms with Gasteiger partial charge in [0.15, 0.2) is 0 Å². The van der Waals surface area contributed by atoms with E-state index in [2.05, 4.69) is 15.9 Å². The molecule has 8 heteroatoms. The molecule has 0 aliphatic carbocycles. The van der Waals surface area contributed by atoms with Gasteiger partial charge in [0.2, 0.25) is 10.0 Å². The molecule has 1 aromatic carbocycles. The molecule has 2 atom stereocenters. The molecule has 0 amide bonds. The Hall–Kier alpha value is -0.440. The Morgan fingerprint density at radius 1 is 1.33 bits per heavy atom. The molecule has 21 heavy (non-hydrogen) atoms. The third-order valence-corrected chi connectivity index (χ3v) is 7.05. The summed E-state index contributed by atoms with van der Waals surface area (Å²) in [6, 6.07) is 3.04. The summed E-state index contributed by atoms with van der Waals surface area (Å²) >= 11 is 5.09. The Balaban J connectivity index is 2.46. The summed E-state index contributed by atoms with van der Waals surface area (Å²) in [5.74, 6) is 0.301. The summed E-state index contributed by atoms with van der Waals surface area (Å²) in [5, 5.41) is 0.532. The number of anilines is 1. The van der Waals surface area contributed by atoms with Crippen LogP contribution in [0.15, 0.2) is 21.5 Å². The number of thioether (sulfide) groups is 1. The summed E-state index contributed by atoms with van der Waals surface area (Å²) in [4.78, 5) is 0.122. The van der Waals surface area contributed by atoms with E-state index in [4.69, 9.17) is 10.5 Å². The monoisotopic (exact) mass is 394 g/mol. The topological polar surface area (TPSA) is 72.6 Å². The van der Waals surface area contributed by atoms with Gasteiger partial charge in [0, 0.05) is 33.7 Å². The average Bonchev–Trinajstić information content (AvgIpc) is 2.40. The molecule has 0 bridgehead atoms. The Bertz CT molecular complexity index is 627. The van der Waals surface area contributed by atoms with E-state index in [1.165, 1.54) is 17.5 Å². The average molecular weight is 395 g/mol. The Labute approximate surface area is 138 Å². The summed E-state index contributed by atoms with van der Waals surface area (Å²) in [5.41, 5.74) is 6.21. The van der Waals surface area contributed by atoms with E-state index in [1.807, 2.05) is 13.8 Å². The molecule has 1 aliphatic heterocycles.